The number of para-hydroxylation sites is 1. The third-order valence-electron chi connectivity index (χ3n) is 3.37. The second-order valence-electron chi connectivity index (χ2n) is 4.77. The Kier molecular flexibility index (Phi) is 3.99. The predicted octanol–water partition coefficient (Wildman–Crippen LogP) is 2.96. The molecule has 0 saturated carbocycles. The molecule has 0 unspecified atom stereocenters. The summed E-state index contributed by atoms with van der Waals surface area (Å²) >= 11 is 0. The molecule has 0 bridgehead atoms. The Balaban J connectivity index is 1.60. The molecule has 3 heteroatoms. The molecule has 0 spiro atoms. The summed E-state index contributed by atoms with van der Waals surface area (Å²) in [5.41, 5.74) is 3.65. The van der Waals surface area contributed by atoms with Gasteiger partial charge in [0.1, 0.15) is 0 Å². The summed E-state index contributed by atoms with van der Waals surface area (Å²) in [7, 11) is 0. The van der Waals surface area contributed by atoms with E-state index in [4.69, 9.17) is 0 Å². The molecule has 2 aromatic heterocycles. The van der Waals surface area contributed by atoms with Crippen LogP contribution < -0.4 is 5.32 Å². The molecular weight excluding hydrogens is 246 g/mol. The number of nitrogens with zero attached hydrogens (tertiary/aromatic N) is 2. The van der Waals surface area contributed by atoms with Crippen LogP contribution in [-0.2, 0) is 13.0 Å². The van der Waals surface area contributed by atoms with Crippen molar-refractivity contribution in [2.75, 3.05) is 6.54 Å². The maximum atomic E-state index is 4.47. The summed E-state index contributed by atoms with van der Waals surface area (Å²) in [6, 6.07) is 14.5. The third kappa shape index (κ3) is 3.00. The van der Waals surface area contributed by atoms with Gasteiger partial charge in [-0.25, -0.2) is 0 Å². The number of nitrogens with one attached hydrogen (secondary N) is 1. The number of fused-ring (bicyclic) bond motifs is 1. The van der Waals surface area contributed by atoms with Crippen molar-refractivity contribution in [3.8, 4) is 0 Å². The largest absolute Gasteiger partial charge is 0.312 e. The quantitative estimate of drug-likeness (QED) is 0.719. The van der Waals surface area contributed by atoms with Gasteiger partial charge in [-0.05, 0) is 42.3 Å². The van der Waals surface area contributed by atoms with E-state index >= 15 is 0 Å². The van der Waals surface area contributed by atoms with E-state index in [-0.39, 0.29) is 0 Å². The fraction of sp³-hybridized carbons (Fsp3) is 0.176. The van der Waals surface area contributed by atoms with E-state index < -0.39 is 0 Å². The van der Waals surface area contributed by atoms with E-state index in [0.29, 0.717) is 0 Å². The first-order chi connectivity index (χ1) is 9.93. The van der Waals surface area contributed by atoms with Gasteiger partial charge in [0.25, 0.3) is 0 Å². The van der Waals surface area contributed by atoms with Gasteiger partial charge in [-0.15, -0.1) is 0 Å². The molecule has 0 amide bonds. The summed E-state index contributed by atoms with van der Waals surface area (Å²) in [5.74, 6) is 0. The molecule has 0 aliphatic rings. The molecule has 0 aliphatic carbocycles. The Bertz CT molecular complexity index is 675. The molecule has 0 radical (unpaired) electrons. The van der Waals surface area contributed by atoms with Gasteiger partial charge >= 0.3 is 0 Å². The van der Waals surface area contributed by atoms with E-state index in [1.165, 1.54) is 16.5 Å². The van der Waals surface area contributed by atoms with Gasteiger partial charge in [0.05, 0.1) is 5.52 Å². The van der Waals surface area contributed by atoms with Crippen molar-refractivity contribution in [1.29, 1.82) is 0 Å². The summed E-state index contributed by atoms with van der Waals surface area (Å²) in [6.07, 6.45) is 6.54. The Labute approximate surface area is 118 Å². The highest BCUT2D eigenvalue weighted by Gasteiger charge is 2.01. The molecule has 100 valence electrons. The van der Waals surface area contributed by atoms with E-state index in [0.717, 1.165) is 25.0 Å². The molecule has 0 atom stereocenters. The van der Waals surface area contributed by atoms with Crippen LogP contribution in [0.5, 0.6) is 0 Å². The van der Waals surface area contributed by atoms with E-state index in [1.54, 1.807) is 0 Å². The van der Waals surface area contributed by atoms with Crippen molar-refractivity contribution in [2.24, 2.45) is 0 Å². The fourth-order valence-corrected chi connectivity index (χ4v) is 2.32. The number of rotatable bonds is 5. The van der Waals surface area contributed by atoms with E-state index in [9.17, 15) is 0 Å². The number of hydrogen-bond acceptors (Lipinski definition) is 3. The Hall–Kier alpha value is -2.26. The second-order valence-corrected chi connectivity index (χ2v) is 4.77. The van der Waals surface area contributed by atoms with Crippen molar-refractivity contribution in [3.63, 3.8) is 0 Å². The van der Waals surface area contributed by atoms with Crippen LogP contribution in [0.2, 0.25) is 0 Å². The first kappa shape index (κ1) is 12.8. The van der Waals surface area contributed by atoms with Crippen LogP contribution in [-0.4, -0.2) is 16.5 Å². The van der Waals surface area contributed by atoms with Gasteiger partial charge in [0, 0.05) is 30.5 Å². The second kappa shape index (κ2) is 6.26. The summed E-state index contributed by atoms with van der Waals surface area (Å²) < 4.78 is 0. The van der Waals surface area contributed by atoms with Gasteiger partial charge in [-0.2, -0.15) is 0 Å². The highest BCUT2D eigenvalue weighted by atomic mass is 14.8. The molecule has 0 fully saturated rings. The zero-order valence-corrected chi connectivity index (χ0v) is 11.3. The van der Waals surface area contributed by atoms with Gasteiger partial charge in [-0.3, -0.25) is 9.97 Å². The zero-order chi connectivity index (χ0) is 13.6. The molecule has 2 heterocycles. The van der Waals surface area contributed by atoms with Gasteiger partial charge < -0.3 is 5.32 Å². The standard InChI is InChI=1S/C17H17N3/c1-3-15-5-2-9-20-17(15)16(4-1)13-19-12-8-14-6-10-18-11-7-14/h1-7,9-11,19H,8,12-13H2. The van der Waals surface area contributed by atoms with Crippen LogP contribution in [0.15, 0.2) is 61.1 Å². The van der Waals surface area contributed by atoms with Crippen LogP contribution in [0.1, 0.15) is 11.1 Å². The Morgan fingerprint density at radius 1 is 0.900 bits per heavy atom. The Morgan fingerprint density at radius 3 is 2.65 bits per heavy atom. The monoisotopic (exact) mass is 263 g/mol. The van der Waals surface area contributed by atoms with Crippen molar-refractivity contribution in [3.05, 3.63) is 72.2 Å². The lowest BCUT2D eigenvalue weighted by Gasteiger charge is -2.07. The van der Waals surface area contributed by atoms with Crippen LogP contribution >= 0.6 is 0 Å². The number of pyridine rings is 2. The normalized spacial score (nSPS) is 10.8. The molecule has 3 rings (SSSR count). The molecule has 1 aromatic carbocycles. The average molecular weight is 263 g/mol. The topological polar surface area (TPSA) is 37.8 Å². The molecule has 0 saturated heterocycles. The lowest BCUT2D eigenvalue weighted by molar-refractivity contribution is 0.688. The first-order valence-electron chi connectivity index (χ1n) is 6.86. The minimum absolute atomic E-state index is 0.847. The molecule has 0 aliphatic heterocycles. The maximum Gasteiger partial charge on any atom is 0.0746 e. The van der Waals surface area contributed by atoms with E-state index in [1.807, 2.05) is 24.7 Å². The molecular formula is C17H17N3. The van der Waals surface area contributed by atoms with Crippen molar-refractivity contribution < 1.29 is 0 Å². The minimum atomic E-state index is 0.847. The van der Waals surface area contributed by atoms with Crippen LogP contribution in [0.3, 0.4) is 0 Å². The third-order valence-corrected chi connectivity index (χ3v) is 3.37. The van der Waals surface area contributed by atoms with Crippen molar-refractivity contribution in [1.82, 2.24) is 15.3 Å². The number of hydrogen-bond donors (Lipinski definition) is 1. The zero-order valence-electron chi connectivity index (χ0n) is 11.3. The number of aromatic nitrogens is 2. The fourth-order valence-electron chi connectivity index (χ4n) is 2.32. The van der Waals surface area contributed by atoms with Gasteiger partial charge in [-0.1, -0.05) is 24.3 Å². The maximum absolute atomic E-state index is 4.47. The van der Waals surface area contributed by atoms with E-state index in [2.05, 4.69) is 51.7 Å². The molecule has 3 nitrogen and oxygen atoms in total. The molecule has 20 heavy (non-hydrogen) atoms. The van der Waals surface area contributed by atoms with Crippen molar-refractivity contribution >= 4 is 10.9 Å². The summed E-state index contributed by atoms with van der Waals surface area (Å²) in [4.78, 5) is 8.50. The molecule has 3 aromatic rings. The van der Waals surface area contributed by atoms with Crippen molar-refractivity contribution in [2.45, 2.75) is 13.0 Å². The average Bonchev–Trinajstić information content (AvgIpc) is 2.53. The lowest BCUT2D eigenvalue weighted by Crippen LogP contribution is -2.17. The summed E-state index contributed by atoms with van der Waals surface area (Å²) in [6.45, 7) is 1.80. The highest BCUT2D eigenvalue weighted by Crippen LogP contribution is 2.15. The van der Waals surface area contributed by atoms with Gasteiger partial charge in [0.15, 0.2) is 0 Å². The predicted molar refractivity (Wildman–Crippen MR) is 81.4 cm³/mol. The lowest BCUT2D eigenvalue weighted by atomic mass is 10.1. The van der Waals surface area contributed by atoms with Gasteiger partial charge in [0.2, 0.25) is 0 Å². The SMILES string of the molecule is c1cnc2c(CNCCc3ccncc3)cccc2c1. The van der Waals surface area contributed by atoms with Crippen LogP contribution in [0.25, 0.3) is 10.9 Å². The Morgan fingerprint density at radius 2 is 1.75 bits per heavy atom. The number of benzene rings is 1. The first-order valence-corrected chi connectivity index (χ1v) is 6.86. The molecule has 1 N–H and O–H groups in total. The van der Waals surface area contributed by atoms with Crippen LogP contribution in [0.4, 0.5) is 0 Å². The summed E-state index contributed by atoms with van der Waals surface area (Å²) in [5, 5.41) is 4.68. The smallest absolute Gasteiger partial charge is 0.0746 e. The highest BCUT2D eigenvalue weighted by molar-refractivity contribution is 5.81. The van der Waals surface area contributed by atoms with Crippen LogP contribution in [0, 0.1) is 0 Å². The minimum Gasteiger partial charge on any atom is -0.312 e.